The molecule has 49 heteroatoms. The van der Waals surface area contributed by atoms with Gasteiger partial charge in [0.15, 0.2) is 11.6 Å². The van der Waals surface area contributed by atoms with Gasteiger partial charge in [-0.25, -0.2) is 29.1 Å². The predicted molar refractivity (Wildman–Crippen MR) is 580 cm³/mol. The minimum Gasteiger partial charge on any atom is -0.489 e. The second-order valence-electron chi connectivity index (χ2n) is 36.7. The number of aliphatic hydroxyl groups is 2. The normalized spacial score (nSPS) is 16.4. The number of nitrogen functional groups attached to an aromatic ring is 1. The van der Waals surface area contributed by atoms with E-state index in [-0.39, 0.29) is 109 Å². The molecule has 40 nitrogen and oxygen atoms in total. The number of para-hydroxylation sites is 2. The Balaban J connectivity index is 0.000000354. The van der Waals surface area contributed by atoms with E-state index >= 15 is 0 Å². The van der Waals surface area contributed by atoms with Crippen molar-refractivity contribution in [3.05, 3.63) is 169 Å². The number of non-ortho nitro benzene ring substituents is 2. The molecule has 4 fully saturated rings. The number of anilines is 11. The smallest absolute Gasteiger partial charge is 0.489 e. The van der Waals surface area contributed by atoms with Gasteiger partial charge in [-0.3, -0.25) is 20.2 Å². The van der Waals surface area contributed by atoms with E-state index in [2.05, 4.69) is 81.7 Å². The number of aliphatic hydroxyl groups excluding tert-OH is 2. The molecular weight excluding hydrogens is 2020 g/mol. The average molecular weight is 2160 g/mol. The summed E-state index contributed by atoms with van der Waals surface area (Å²) in [5.74, 6) is 4.04. The molecule has 4 atom stereocenters. The van der Waals surface area contributed by atoms with Gasteiger partial charge in [0.2, 0.25) is 11.2 Å². The summed E-state index contributed by atoms with van der Waals surface area (Å²) in [5.41, 5.74) is 10.4. The molecule has 8 aliphatic rings. The number of carbonyl (C=O) groups excluding carboxylic acids is 4. The summed E-state index contributed by atoms with van der Waals surface area (Å²) in [6.45, 7) is 40.2. The zero-order valence-corrected chi connectivity index (χ0v) is 90.3. The van der Waals surface area contributed by atoms with Crippen molar-refractivity contribution in [3.63, 3.8) is 0 Å². The Labute approximate surface area is 872 Å². The number of benzene rings is 6. The van der Waals surface area contributed by atoms with E-state index in [4.69, 9.17) is 88.6 Å². The van der Waals surface area contributed by atoms with Gasteiger partial charge in [-0.2, -0.15) is 64.0 Å². The lowest BCUT2D eigenvalue weighted by Gasteiger charge is -2.45. The largest absolute Gasteiger partial charge is 0.519 e. The average Bonchev–Trinajstić information content (AvgIpc) is 0.777. The molecule has 16 rings (SSSR count). The van der Waals surface area contributed by atoms with Gasteiger partial charge in [-0.1, -0.05) is 54.9 Å². The number of nitro groups is 2. The third-order valence-corrected chi connectivity index (χ3v) is 24.5. The number of rotatable bonds is 12. The van der Waals surface area contributed by atoms with E-state index in [1.807, 2.05) is 120 Å². The quantitative estimate of drug-likeness (QED) is 0.00823. The van der Waals surface area contributed by atoms with E-state index < -0.39 is 58.8 Å². The summed E-state index contributed by atoms with van der Waals surface area (Å²) in [6.07, 6.45) is 0.263. The summed E-state index contributed by atoms with van der Waals surface area (Å²) in [6, 6.07) is 36.9. The van der Waals surface area contributed by atoms with Crippen molar-refractivity contribution >= 4 is 213 Å². The Morgan fingerprint density at radius 2 is 0.873 bits per heavy atom. The first-order chi connectivity index (χ1) is 64.5. The van der Waals surface area contributed by atoms with Gasteiger partial charge in [0.25, 0.3) is 11.4 Å². The molecule has 2 amide bonds. The molecule has 2 aromatic heterocycles. The number of amides is 2. The molecule has 0 spiro atoms. The molecule has 0 unspecified atom stereocenters. The zero-order valence-electron chi connectivity index (χ0n) is 82.3. The number of nitrogens with one attached hydrogen (secondary N) is 5. The number of halogens is 3. The van der Waals surface area contributed by atoms with Crippen LogP contribution in [0.5, 0.6) is 23.0 Å². The SMILES string of the molecule is C.CC(C)(C)OC(=O)N1CCN2c3ccc(N)cc3OC[C@@H]2C1.CC(C)(C)OC(=O)N1CCN2c3ccc([N+](=O)[O-])cc3OC[C@@H]2C1.CC(C)(C)OC(=O)OC(=O)OC(C)(C)C.CO.COCCO.CP(C)(=O)c1ccccc1Nc1nc(Cl)ncc1Cl.CP(C)(=O)c1ccccc1Nc1nc(Nc2ccc3c(c2)OC[C@@H]2CNCCN32)ncc1Cl.O=[N+]([O-])c1ccc2c(c1)OC[C@@H]1CNCCN21.S.S.S.S. The van der Waals surface area contributed by atoms with Crippen LogP contribution in [0.3, 0.4) is 0 Å². The maximum absolute atomic E-state index is 12.7. The summed E-state index contributed by atoms with van der Waals surface area (Å²) < 4.78 is 77.2. The number of fused-ring (bicyclic) bond motifs is 12. The van der Waals surface area contributed by atoms with E-state index in [9.17, 15) is 48.5 Å². The highest BCUT2D eigenvalue weighted by atomic mass is 35.5. The Bertz CT molecular complexity index is 5590. The van der Waals surface area contributed by atoms with Crippen LogP contribution >= 0.6 is 103 Å². The maximum Gasteiger partial charge on any atom is 0.519 e. The van der Waals surface area contributed by atoms with E-state index in [1.165, 1.54) is 30.5 Å². The standard InChI is InChI=1S/C23H26ClN6O2P.C16H21N3O5.C16H23N3O3.C12H12Cl2N3OP.C11H13N3O3.C10H18O5.C3H8O2.CH4O.CH4.4H2S/c1-33(2,31)21-6-4-3-5-18(21)28-22-17(24)13-26-23(29-22)27-15-7-8-19-20(11-15)32-14-16-12-25-9-10-30(16)19;1-16(2,3)24-15(20)17-6-7-18-12(9-17)10-23-14-8-11(19(21)22)4-5-13(14)18;1-16(2,3)22-15(20)18-6-7-19-12(9-18)10-21-14-8-11(17)4-5-13(14)19;1-19(2,18)10-6-4-3-5-9(10)16-11-8(13)7-15-12(14)17-11;15-14(16)8-1-2-10-11(5-8)17-7-9-6-12-3-4-13(9)10;1-9(2,3)14-7(11)13-8(12)15-10(4,5)6;1-5-3-2-4;1-2;;;;;/h3-8,11,13,16,25H,9-10,12,14H2,1-2H3,(H2,26,27,28,29);4-5,8,12H,6-7,9-10H2,1-3H3;4-5,8,12H,6-7,9-10,17H2,1-3H3;3-7H,1-2H3,(H,15,16,17);1-2,5,9,12H,3-4,6-7H2;1-6H3;4H,2-3H2,1H3;2H,1H3;1H4;4*1H2/t16-;2*12-;;9-;;;;;;;;/m000.0......../s1. The second kappa shape index (κ2) is 55.7. The Kier molecular flexibility index (Phi) is 48.6. The molecule has 6 aromatic carbocycles. The van der Waals surface area contributed by atoms with Gasteiger partial charge in [-0.15, -0.1) is 0 Å². The number of piperazine rings is 4. The zero-order chi connectivity index (χ0) is 101. The first kappa shape index (κ1) is 124. The molecule has 0 bridgehead atoms. The van der Waals surface area contributed by atoms with E-state index in [0.717, 1.165) is 103 Å². The van der Waals surface area contributed by atoms with Crippen molar-refractivity contribution in [1.29, 1.82) is 0 Å². The highest BCUT2D eigenvalue weighted by Gasteiger charge is 2.40. The minimum absolute atomic E-state index is 0. The van der Waals surface area contributed by atoms with Gasteiger partial charge in [0, 0.05) is 139 Å². The van der Waals surface area contributed by atoms with Crippen LogP contribution < -0.4 is 81.5 Å². The lowest BCUT2D eigenvalue weighted by Crippen LogP contribution is -2.59. The number of methoxy groups -OCH3 is 1. The third kappa shape index (κ3) is 37.4. The van der Waals surface area contributed by atoms with Gasteiger partial charge in [0.1, 0.15) is 96.2 Å². The van der Waals surface area contributed by atoms with Gasteiger partial charge in [-0.05, 0) is 182 Å². The molecule has 0 aliphatic carbocycles. The maximum atomic E-state index is 12.7. The number of nitrogens with two attached hydrogens (primary N) is 1. The molecule has 786 valence electrons. The van der Waals surface area contributed by atoms with Gasteiger partial charge >= 0.3 is 24.5 Å². The van der Waals surface area contributed by atoms with E-state index in [0.29, 0.717) is 134 Å². The third-order valence-electron chi connectivity index (χ3n) is 20.6. The molecule has 0 saturated carbocycles. The molecular formula is C93H137Cl3N18O22P2S4. The summed E-state index contributed by atoms with van der Waals surface area (Å²) >= 11 is 18.1. The number of ether oxygens (including phenoxy) is 10. The fourth-order valence-corrected chi connectivity index (χ4v) is 17.4. The minimum atomic E-state index is -2.48. The Hall–Kier alpha value is -10.3. The van der Waals surface area contributed by atoms with Crippen molar-refractivity contribution in [2.75, 3.05) is 200 Å². The van der Waals surface area contributed by atoms with Gasteiger partial charge in [0.05, 0.1) is 106 Å². The summed E-state index contributed by atoms with van der Waals surface area (Å²) in [7, 11) is -2.33. The van der Waals surface area contributed by atoms with Crippen molar-refractivity contribution in [2.45, 2.75) is 137 Å². The van der Waals surface area contributed by atoms with Crippen LogP contribution in [-0.2, 0) is 37.6 Å². The van der Waals surface area contributed by atoms with E-state index in [1.54, 1.807) is 103 Å². The van der Waals surface area contributed by atoms with Crippen molar-refractivity contribution in [3.8, 4) is 23.0 Å². The topological polar surface area (TPSA) is 479 Å². The molecule has 10 heterocycles. The predicted octanol–water partition coefficient (Wildman–Crippen LogP) is 16.3. The van der Waals surface area contributed by atoms with Crippen molar-refractivity contribution in [1.82, 2.24) is 40.4 Å². The van der Waals surface area contributed by atoms with Crippen LogP contribution in [-0.4, -0.2) is 280 Å². The summed E-state index contributed by atoms with van der Waals surface area (Å²) in [4.78, 5) is 96.4. The fourth-order valence-electron chi connectivity index (χ4n) is 14.7. The molecule has 142 heavy (non-hydrogen) atoms. The lowest BCUT2D eigenvalue weighted by atomic mass is 10.1. The Morgan fingerprint density at radius 1 is 0.507 bits per heavy atom. The van der Waals surface area contributed by atoms with Gasteiger partial charge < -0.3 is 128 Å². The number of hydrogen-bond acceptors (Lipinski definition) is 36. The lowest BCUT2D eigenvalue weighted by molar-refractivity contribution is -0.385. The Morgan fingerprint density at radius 3 is 1.26 bits per heavy atom. The fraction of sp³-hybridized carbons (Fsp3) is 0.484. The summed E-state index contributed by atoms with van der Waals surface area (Å²) in [5, 5.41) is 55.1. The van der Waals surface area contributed by atoms with Crippen LogP contribution in [0.15, 0.2) is 134 Å². The highest BCUT2D eigenvalue weighted by Crippen LogP contribution is 2.45. The molecule has 8 aliphatic heterocycles. The van der Waals surface area contributed by atoms with Crippen LogP contribution in [0.4, 0.5) is 93.6 Å². The first-order valence-corrected chi connectivity index (χ1v) is 50.4. The monoisotopic (exact) mass is 2150 g/mol. The van der Waals surface area contributed by atoms with Crippen LogP contribution in [0.25, 0.3) is 0 Å². The number of carbonyl (C=O) groups is 4. The number of aromatic nitrogens is 4. The van der Waals surface area contributed by atoms with Crippen LogP contribution in [0.1, 0.15) is 90.5 Å². The second-order valence-corrected chi connectivity index (χ2v) is 44.2. The van der Waals surface area contributed by atoms with Crippen molar-refractivity contribution < 1.29 is 95.7 Å². The number of hydrogen-bond donors (Lipinski definition) is 8. The highest BCUT2D eigenvalue weighted by molar-refractivity contribution is 7.70. The van der Waals surface area contributed by atoms with Crippen LogP contribution in [0, 0.1) is 20.2 Å². The molecule has 4 saturated heterocycles. The first-order valence-electron chi connectivity index (χ1n) is 44.1. The molecule has 9 N–H and O–H groups in total. The van der Waals surface area contributed by atoms with Crippen LogP contribution in [0.2, 0.25) is 15.3 Å². The van der Waals surface area contributed by atoms with Crippen molar-refractivity contribution in [2.24, 2.45) is 0 Å². The number of nitro benzene ring substituents is 2. The molecule has 8 aromatic rings. The molecule has 0 radical (unpaired) electrons. The number of nitrogens with zero attached hydrogens (tertiary/aromatic N) is 12.